The Hall–Kier alpha value is -1.54. The van der Waals surface area contributed by atoms with Gasteiger partial charge in [0.1, 0.15) is 5.82 Å². The van der Waals surface area contributed by atoms with Crippen LogP contribution in [0.15, 0.2) is 42.5 Å². The number of hydrogen-bond acceptors (Lipinski definition) is 1. The van der Waals surface area contributed by atoms with Gasteiger partial charge >= 0.3 is 0 Å². The molecule has 2 aromatic carbocycles. The van der Waals surface area contributed by atoms with Crippen LogP contribution in [-0.2, 0) is 6.54 Å². The van der Waals surface area contributed by atoms with E-state index in [0.29, 0.717) is 23.2 Å². The van der Waals surface area contributed by atoms with Gasteiger partial charge in [0.2, 0.25) is 0 Å². The third-order valence-corrected chi connectivity index (χ3v) is 3.80. The maximum Gasteiger partial charge on any atom is 0.125 e. The molecule has 1 saturated carbocycles. The summed E-state index contributed by atoms with van der Waals surface area (Å²) in [6.45, 7) is 0.676. The van der Waals surface area contributed by atoms with Crippen molar-refractivity contribution in [3.05, 3.63) is 64.4 Å². The van der Waals surface area contributed by atoms with Crippen molar-refractivity contribution >= 4 is 17.3 Å². The lowest BCUT2D eigenvalue weighted by Gasteiger charge is -2.12. The van der Waals surface area contributed by atoms with Gasteiger partial charge in [-0.05, 0) is 48.1 Å². The van der Waals surface area contributed by atoms with Crippen molar-refractivity contribution in [2.24, 2.45) is 0 Å². The molecule has 1 aliphatic carbocycles. The summed E-state index contributed by atoms with van der Waals surface area (Å²) >= 11 is 6.05. The fourth-order valence-corrected chi connectivity index (χ4v) is 2.50. The molecule has 0 bridgehead atoms. The smallest absolute Gasteiger partial charge is 0.125 e. The van der Waals surface area contributed by atoms with Crippen molar-refractivity contribution in [3.8, 4) is 0 Å². The summed E-state index contributed by atoms with van der Waals surface area (Å²) in [7, 11) is 0. The second-order valence-corrected chi connectivity index (χ2v) is 5.36. The van der Waals surface area contributed by atoms with Crippen LogP contribution in [0.5, 0.6) is 0 Å². The van der Waals surface area contributed by atoms with E-state index in [0.717, 1.165) is 0 Å². The lowest BCUT2D eigenvalue weighted by Crippen LogP contribution is -2.03. The third-order valence-electron chi connectivity index (χ3n) is 3.47. The van der Waals surface area contributed by atoms with Gasteiger partial charge in [0.25, 0.3) is 0 Å². The fourth-order valence-electron chi connectivity index (χ4n) is 2.31. The molecule has 0 aliphatic heterocycles. The molecule has 1 nitrogen and oxygen atoms in total. The average molecular weight is 276 g/mol. The second-order valence-electron chi connectivity index (χ2n) is 4.95. The fraction of sp³-hybridized carbons (Fsp3) is 0.250. The van der Waals surface area contributed by atoms with Gasteiger partial charge in [-0.2, -0.15) is 0 Å². The number of rotatable bonds is 4. The minimum atomic E-state index is -0.276. The van der Waals surface area contributed by atoms with E-state index in [2.05, 4.69) is 23.5 Å². The monoisotopic (exact) mass is 275 g/mol. The molecule has 1 fully saturated rings. The predicted octanol–water partition coefficient (Wildman–Crippen LogP) is 4.97. The maximum absolute atomic E-state index is 13.2. The van der Waals surface area contributed by atoms with Gasteiger partial charge in [-0.1, -0.05) is 35.9 Å². The molecule has 98 valence electrons. The minimum absolute atomic E-state index is 0.276. The van der Waals surface area contributed by atoms with Crippen molar-refractivity contribution in [3.63, 3.8) is 0 Å². The molecule has 2 aromatic rings. The summed E-state index contributed by atoms with van der Waals surface area (Å²) in [4.78, 5) is 0. The number of benzene rings is 2. The van der Waals surface area contributed by atoms with E-state index in [1.807, 2.05) is 6.07 Å². The number of nitrogens with one attached hydrogen (secondary N) is 1. The Morgan fingerprint density at radius 2 is 1.95 bits per heavy atom. The molecule has 0 heterocycles. The molecule has 0 radical (unpaired) electrons. The Bertz CT molecular complexity index is 593. The highest BCUT2D eigenvalue weighted by molar-refractivity contribution is 6.33. The molecule has 0 spiro atoms. The molecule has 0 saturated heterocycles. The Kier molecular flexibility index (Phi) is 3.43. The Morgan fingerprint density at radius 3 is 2.74 bits per heavy atom. The van der Waals surface area contributed by atoms with Gasteiger partial charge in [-0.3, -0.25) is 0 Å². The molecular formula is C16H15ClFN. The van der Waals surface area contributed by atoms with E-state index in [-0.39, 0.29) is 5.82 Å². The summed E-state index contributed by atoms with van der Waals surface area (Å²) in [5, 5.41) is 3.77. The lowest BCUT2D eigenvalue weighted by atomic mass is 10.0. The molecular weight excluding hydrogens is 261 g/mol. The van der Waals surface area contributed by atoms with E-state index < -0.39 is 0 Å². The van der Waals surface area contributed by atoms with Crippen LogP contribution in [0, 0.1) is 5.82 Å². The second kappa shape index (κ2) is 5.22. The van der Waals surface area contributed by atoms with Crippen LogP contribution in [0.1, 0.15) is 29.9 Å². The van der Waals surface area contributed by atoms with E-state index in [1.54, 1.807) is 6.07 Å². The zero-order chi connectivity index (χ0) is 13.2. The first-order chi connectivity index (χ1) is 9.24. The van der Waals surface area contributed by atoms with Gasteiger partial charge in [-0.25, -0.2) is 4.39 Å². The van der Waals surface area contributed by atoms with E-state index in [1.165, 1.54) is 36.1 Å². The quantitative estimate of drug-likeness (QED) is 0.831. The third kappa shape index (κ3) is 2.90. The van der Waals surface area contributed by atoms with E-state index in [9.17, 15) is 4.39 Å². The van der Waals surface area contributed by atoms with Gasteiger partial charge in [-0.15, -0.1) is 0 Å². The van der Waals surface area contributed by atoms with Crippen LogP contribution in [0.3, 0.4) is 0 Å². The molecule has 3 rings (SSSR count). The van der Waals surface area contributed by atoms with Crippen molar-refractivity contribution in [2.75, 3.05) is 5.32 Å². The van der Waals surface area contributed by atoms with Crippen LogP contribution in [0.25, 0.3) is 0 Å². The summed E-state index contributed by atoms with van der Waals surface area (Å²) in [6.07, 6.45) is 2.55. The molecule has 1 aliphatic rings. The van der Waals surface area contributed by atoms with Crippen LogP contribution in [0.4, 0.5) is 10.1 Å². The van der Waals surface area contributed by atoms with Crippen LogP contribution in [0.2, 0.25) is 5.02 Å². The Balaban J connectivity index is 1.77. The largest absolute Gasteiger partial charge is 0.380 e. The average Bonchev–Trinajstić information content (AvgIpc) is 3.25. The number of halogens is 2. The highest BCUT2D eigenvalue weighted by Crippen LogP contribution is 2.41. The van der Waals surface area contributed by atoms with Crippen molar-refractivity contribution in [2.45, 2.75) is 25.3 Å². The summed E-state index contributed by atoms with van der Waals surface area (Å²) in [6, 6.07) is 12.8. The van der Waals surface area contributed by atoms with Crippen molar-refractivity contribution < 1.29 is 4.39 Å². The normalized spacial score (nSPS) is 14.4. The topological polar surface area (TPSA) is 12.0 Å². The van der Waals surface area contributed by atoms with Gasteiger partial charge in [0.15, 0.2) is 0 Å². The molecule has 3 heteroatoms. The van der Waals surface area contributed by atoms with E-state index in [4.69, 9.17) is 11.6 Å². The van der Waals surface area contributed by atoms with Crippen molar-refractivity contribution in [1.29, 1.82) is 0 Å². The Labute approximate surface area is 117 Å². The molecule has 19 heavy (non-hydrogen) atoms. The zero-order valence-electron chi connectivity index (χ0n) is 10.5. The summed E-state index contributed by atoms with van der Waals surface area (Å²) < 4.78 is 13.2. The summed E-state index contributed by atoms with van der Waals surface area (Å²) in [5.74, 6) is 0.434. The van der Waals surface area contributed by atoms with Crippen LogP contribution >= 0.6 is 11.6 Å². The van der Waals surface area contributed by atoms with Crippen molar-refractivity contribution in [1.82, 2.24) is 0 Å². The maximum atomic E-state index is 13.2. The molecule has 0 unspecified atom stereocenters. The first-order valence-corrected chi connectivity index (χ1v) is 6.88. The molecule has 0 atom stereocenters. The van der Waals surface area contributed by atoms with Crippen LogP contribution in [-0.4, -0.2) is 0 Å². The summed E-state index contributed by atoms with van der Waals surface area (Å²) in [5.41, 5.74) is 3.32. The number of hydrogen-bond donors (Lipinski definition) is 1. The van der Waals surface area contributed by atoms with Gasteiger partial charge in [0.05, 0.1) is 10.7 Å². The molecule has 1 N–H and O–H groups in total. The number of anilines is 1. The predicted molar refractivity (Wildman–Crippen MR) is 77.2 cm³/mol. The first kappa shape index (κ1) is 12.5. The van der Waals surface area contributed by atoms with Gasteiger partial charge in [0, 0.05) is 6.54 Å². The van der Waals surface area contributed by atoms with Crippen LogP contribution < -0.4 is 5.32 Å². The molecule has 0 aromatic heterocycles. The first-order valence-electron chi connectivity index (χ1n) is 6.51. The highest BCUT2D eigenvalue weighted by atomic mass is 35.5. The SMILES string of the molecule is Fc1ccc(Cl)c(NCc2ccccc2C2CC2)c1. The minimum Gasteiger partial charge on any atom is -0.380 e. The lowest BCUT2D eigenvalue weighted by molar-refractivity contribution is 0.628. The molecule has 0 amide bonds. The zero-order valence-corrected chi connectivity index (χ0v) is 11.3. The Morgan fingerprint density at radius 1 is 1.16 bits per heavy atom. The highest BCUT2D eigenvalue weighted by Gasteiger charge is 2.25. The standard InChI is InChI=1S/C16H15ClFN/c17-15-8-7-13(18)9-16(15)19-10-12-3-1-2-4-14(12)11-5-6-11/h1-4,7-9,11,19H,5-6,10H2. The van der Waals surface area contributed by atoms with E-state index >= 15 is 0 Å². The van der Waals surface area contributed by atoms with Gasteiger partial charge < -0.3 is 5.32 Å².